The second kappa shape index (κ2) is 12.5. The van der Waals surface area contributed by atoms with Crippen molar-refractivity contribution in [2.45, 2.75) is 22.6 Å². The summed E-state index contributed by atoms with van der Waals surface area (Å²) in [5.74, 6) is 1.22. The number of aromatic nitrogens is 4. The average Bonchev–Trinajstić information content (AvgIpc) is 3.48. The van der Waals surface area contributed by atoms with E-state index in [1.54, 1.807) is 48.2 Å². The quantitative estimate of drug-likeness (QED) is 0.160. The smallest absolute Gasteiger partial charge is 0.258 e. The molecule has 0 saturated carbocycles. The van der Waals surface area contributed by atoms with E-state index in [2.05, 4.69) is 56.3 Å². The molecular weight excluding hydrogens is 541 g/mol. The zero-order chi connectivity index (χ0) is 24.6. The van der Waals surface area contributed by atoms with Crippen LogP contribution in [0.2, 0.25) is 0 Å². The van der Waals surface area contributed by atoms with Gasteiger partial charge in [0.05, 0.1) is 11.1 Å². The van der Waals surface area contributed by atoms with Gasteiger partial charge >= 0.3 is 0 Å². The van der Waals surface area contributed by atoms with E-state index in [1.807, 2.05) is 12.1 Å². The molecule has 4 aromatic rings. The van der Waals surface area contributed by atoms with Crippen molar-refractivity contribution in [3.63, 3.8) is 0 Å². The van der Waals surface area contributed by atoms with Crippen molar-refractivity contribution in [1.29, 1.82) is 0 Å². The Kier molecular flexibility index (Phi) is 9.15. The maximum absolute atomic E-state index is 12.4. The number of nitrogens with one attached hydrogen (secondary N) is 2. The number of hydrogen-bond donors (Lipinski definition) is 4. The Bertz CT molecular complexity index is 1230. The Labute approximate surface area is 225 Å². The number of amides is 2. The van der Waals surface area contributed by atoms with E-state index in [9.17, 15) is 9.59 Å². The molecule has 0 atom stereocenters. The van der Waals surface area contributed by atoms with Gasteiger partial charge in [0, 0.05) is 22.6 Å². The number of thioether (sulfide) groups is 1. The van der Waals surface area contributed by atoms with Gasteiger partial charge in [0.25, 0.3) is 11.8 Å². The van der Waals surface area contributed by atoms with Gasteiger partial charge in [-0.05, 0) is 35.8 Å². The van der Waals surface area contributed by atoms with Crippen LogP contribution in [0.1, 0.15) is 30.7 Å². The first-order valence-electron chi connectivity index (χ1n) is 10.4. The largest absolute Gasteiger partial charge is 0.296 e. The molecule has 8 nitrogen and oxygen atoms in total. The van der Waals surface area contributed by atoms with Gasteiger partial charge in [-0.15, -0.1) is 45.7 Å². The molecule has 2 heterocycles. The highest BCUT2D eigenvalue weighted by Crippen LogP contribution is 2.22. The topological polar surface area (TPSA) is 110 Å². The van der Waals surface area contributed by atoms with Crippen LogP contribution in [0.15, 0.2) is 58.3 Å². The van der Waals surface area contributed by atoms with E-state index in [0.717, 1.165) is 34.4 Å². The van der Waals surface area contributed by atoms with Crippen LogP contribution < -0.4 is 10.6 Å². The summed E-state index contributed by atoms with van der Waals surface area (Å²) in [5, 5.41) is 24.6. The van der Waals surface area contributed by atoms with Crippen molar-refractivity contribution >= 4 is 81.8 Å². The number of benzene rings is 2. The fourth-order valence-corrected chi connectivity index (χ4v) is 6.02. The van der Waals surface area contributed by atoms with Crippen LogP contribution >= 0.6 is 59.7 Å². The third-order valence-electron chi connectivity index (χ3n) is 4.59. The molecule has 35 heavy (non-hydrogen) atoms. The Morgan fingerprint density at radius 2 is 1.14 bits per heavy atom. The summed E-state index contributed by atoms with van der Waals surface area (Å²) in [7, 11) is 0. The number of anilines is 2. The molecule has 2 aromatic carbocycles. The molecule has 0 aliphatic heterocycles. The summed E-state index contributed by atoms with van der Waals surface area (Å²) < 4.78 is 0. The second-order valence-corrected chi connectivity index (χ2v) is 11.4. The highest BCUT2D eigenvalue weighted by Gasteiger charge is 2.14. The molecule has 4 rings (SSSR count). The lowest BCUT2D eigenvalue weighted by Gasteiger charge is -2.03. The minimum Gasteiger partial charge on any atom is -0.296 e. The van der Waals surface area contributed by atoms with E-state index >= 15 is 0 Å². The molecule has 2 aromatic heterocycles. The highest BCUT2D eigenvalue weighted by atomic mass is 32.2. The van der Waals surface area contributed by atoms with E-state index in [1.165, 1.54) is 22.7 Å². The van der Waals surface area contributed by atoms with Crippen LogP contribution in [-0.2, 0) is 12.8 Å². The van der Waals surface area contributed by atoms with Crippen LogP contribution in [0.4, 0.5) is 10.3 Å². The Morgan fingerprint density at radius 1 is 0.714 bits per heavy atom. The number of carbonyl (C=O) groups excluding carboxylic acids is 2. The number of aryl methyl sites for hydroxylation is 2. The Hall–Kier alpha value is -2.45. The molecule has 180 valence electrons. The van der Waals surface area contributed by atoms with Crippen LogP contribution in [0.25, 0.3) is 0 Å². The fraction of sp³-hybridized carbons (Fsp3) is 0.182. The fourth-order valence-electron chi connectivity index (χ4n) is 2.89. The molecular formula is C22H20N6O2S5. The second-order valence-electron chi connectivity index (χ2n) is 7.06. The maximum Gasteiger partial charge on any atom is 0.258 e. The summed E-state index contributed by atoms with van der Waals surface area (Å²) in [6, 6.07) is 14.2. The number of rotatable bonds is 10. The van der Waals surface area contributed by atoms with Gasteiger partial charge in [0.1, 0.15) is 10.0 Å². The third-order valence-corrected chi connectivity index (χ3v) is 8.15. The van der Waals surface area contributed by atoms with E-state index in [-0.39, 0.29) is 11.8 Å². The van der Waals surface area contributed by atoms with Crippen molar-refractivity contribution in [3.8, 4) is 0 Å². The molecule has 13 heteroatoms. The lowest BCUT2D eigenvalue weighted by molar-refractivity contribution is 0.101. The van der Waals surface area contributed by atoms with Crippen molar-refractivity contribution < 1.29 is 9.59 Å². The van der Waals surface area contributed by atoms with Gasteiger partial charge in [-0.1, -0.05) is 46.9 Å². The summed E-state index contributed by atoms with van der Waals surface area (Å²) in [6.45, 7) is 0. The molecule has 0 spiro atoms. The summed E-state index contributed by atoms with van der Waals surface area (Å²) in [5.41, 5.74) is 0.989. The van der Waals surface area contributed by atoms with Crippen molar-refractivity contribution in [2.24, 2.45) is 0 Å². The molecule has 2 amide bonds. The Morgan fingerprint density at radius 3 is 1.57 bits per heavy atom. The highest BCUT2D eigenvalue weighted by molar-refractivity contribution is 7.99. The summed E-state index contributed by atoms with van der Waals surface area (Å²) >= 11 is 13.1. The number of hydrogen-bond acceptors (Lipinski definition) is 11. The van der Waals surface area contributed by atoms with Gasteiger partial charge in [-0.3, -0.25) is 20.2 Å². The van der Waals surface area contributed by atoms with Gasteiger partial charge in [-0.25, -0.2) is 0 Å². The van der Waals surface area contributed by atoms with Crippen molar-refractivity contribution in [3.05, 3.63) is 69.7 Å². The van der Waals surface area contributed by atoms with E-state index in [4.69, 9.17) is 0 Å². The van der Waals surface area contributed by atoms with Gasteiger partial charge in [0.2, 0.25) is 10.3 Å². The molecule has 0 saturated heterocycles. The minimum absolute atomic E-state index is 0.255. The lowest BCUT2D eigenvalue weighted by Crippen LogP contribution is -2.12. The first-order valence-corrected chi connectivity index (χ1v) is 14.1. The number of nitrogens with zero attached hydrogens (tertiary/aromatic N) is 4. The minimum atomic E-state index is -0.255. The molecule has 0 bridgehead atoms. The zero-order valence-electron chi connectivity index (χ0n) is 18.2. The summed E-state index contributed by atoms with van der Waals surface area (Å²) in [4.78, 5) is 25.9. The average molecular weight is 561 g/mol. The SMILES string of the molecule is O=C(Nc1nnc(CCSCCc2nnc(NC(=O)c3ccccc3S)s2)s1)c1ccccc1S. The first kappa shape index (κ1) is 25.6. The van der Waals surface area contributed by atoms with Crippen LogP contribution in [-0.4, -0.2) is 43.7 Å². The maximum atomic E-state index is 12.4. The molecule has 0 aliphatic rings. The number of carbonyl (C=O) groups is 2. The van der Waals surface area contributed by atoms with Crippen molar-refractivity contribution in [2.75, 3.05) is 22.1 Å². The number of thiol groups is 2. The Balaban J connectivity index is 1.17. The lowest BCUT2D eigenvalue weighted by atomic mass is 10.2. The zero-order valence-corrected chi connectivity index (χ0v) is 22.4. The standard InChI is InChI=1S/C22H20N6O2S5/c29-19(13-5-1-3-7-15(13)31)23-21-27-25-17(34-21)9-11-33-12-10-18-26-28-22(35-18)24-20(30)14-6-2-4-8-16(14)32/h1-8,31-32H,9-12H2,(H,23,27,29)(H,24,28,30). The molecule has 0 unspecified atom stereocenters. The third kappa shape index (κ3) is 7.27. The van der Waals surface area contributed by atoms with Gasteiger partial charge in [0.15, 0.2) is 0 Å². The normalized spacial score (nSPS) is 10.8. The predicted molar refractivity (Wildman–Crippen MR) is 148 cm³/mol. The van der Waals surface area contributed by atoms with Crippen molar-refractivity contribution in [1.82, 2.24) is 20.4 Å². The molecule has 0 fully saturated rings. The van der Waals surface area contributed by atoms with Crippen LogP contribution in [0, 0.1) is 0 Å². The predicted octanol–water partition coefficient (Wildman–Crippen LogP) is 4.99. The summed E-state index contributed by atoms with van der Waals surface area (Å²) in [6.07, 6.45) is 1.50. The van der Waals surface area contributed by atoms with Crippen LogP contribution in [0.3, 0.4) is 0 Å². The van der Waals surface area contributed by atoms with E-state index in [0.29, 0.717) is 31.2 Å². The van der Waals surface area contributed by atoms with E-state index < -0.39 is 0 Å². The van der Waals surface area contributed by atoms with Gasteiger partial charge < -0.3 is 0 Å². The van der Waals surface area contributed by atoms with Gasteiger partial charge in [-0.2, -0.15) is 11.8 Å². The van der Waals surface area contributed by atoms with Crippen LogP contribution in [0.5, 0.6) is 0 Å². The molecule has 2 N–H and O–H groups in total. The molecule has 0 aliphatic carbocycles. The first-order chi connectivity index (χ1) is 17.0. The monoisotopic (exact) mass is 560 g/mol. The molecule has 0 radical (unpaired) electrons.